The Bertz CT molecular complexity index is 619. The molecule has 0 aliphatic rings. The second-order valence-electron chi connectivity index (χ2n) is 4.01. The van der Waals surface area contributed by atoms with Crippen LogP contribution in [0, 0.1) is 0 Å². The molecule has 7 heteroatoms. The monoisotopic (exact) mass is 384 g/mol. The first-order valence-corrected chi connectivity index (χ1v) is 5.46. The van der Waals surface area contributed by atoms with Crippen LogP contribution in [0.25, 0.3) is 5.52 Å². The molecule has 0 atom stereocenters. The van der Waals surface area contributed by atoms with E-state index in [2.05, 4.69) is 0 Å². The molecule has 0 unspecified atom stereocenters. The SMILES string of the molecule is CCc1c2ccc(C(=O)C(F)(F)F)n2cc[n+]1C.[I-]. The molecular weight excluding hydrogens is 372 g/mol. The largest absolute Gasteiger partial charge is 1.00 e. The number of carbonyl (C=O) groups is 1. The maximum atomic E-state index is 12.4. The van der Waals surface area contributed by atoms with Gasteiger partial charge in [0.05, 0.1) is 11.9 Å². The Morgan fingerprint density at radius 3 is 2.53 bits per heavy atom. The second kappa shape index (κ2) is 5.48. The van der Waals surface area contributed by atoms with E-state index in [-0.39, 0.29) is 29.7 Å². The summed E-state index contributed by atoms with van der Waals surface area (Å²) in [6.07, 6.45) is -1.07. The van der Waals surface area contributed by atoms with Gasteiger partial charge in [0.2, 0.25) is 5.69 Å². The third-order valence-corrected chi connectivity index (χ3v) is 2.90. The number of alkyl halides is 3. The summed E-state index contributed by atoms with van der Waals surface area (Å²) < 4.78 is 40.4. The van der Waals surface area contributed by atoms with Crippen LogP contribution < -0.4 is 28.5 Å². The molecule has 0 aliphatic heterocycles. The van der Waals surface area contributed by atoms with Gasteiger partial charge in [0, 0.05) is 6.42 Å². The Labute approximate surface area is 125 Å². The summed E-state index contributed by atoms with van der Waals surface area (Å²) in [5.74, 6) is -1.82. The lowest BCUT2D eigenvalue weighted by Crippen LogP contribution is -3.00. The van der Waals surface area contributed by atoms with Crippen LogP contribution in [0.3, 0.4) is 0 Å². The van der Waals surface area contributed by atoms with E-state index in [9.17, 15) is 18.0 Å². The van der Waals surface area contributed by atoms with Crippen molar-refractivity contribution in [1.82, 2.24) is 4.40 Å². The summed E-state index contributed by atoms with van der Waals surface area (Å²) >= 11 is 0. The van der Waals surface area contributed by atoms with Gasteiger partial charge in [-0.25, -0.2) is 4.57 Å². The van der Waals surface area contributed by atoms with Crippen LogP contribution in [0.1, 0.15) is 23.1 Å². The van der Waals surface area contributed by atoms with Crippen LogP contribution in [0.15, 0.2) is 24.5 Å². The van der Waals surface area contributed by atoms with E-state index < -0.39 is 12.0 Å². The van der Waals surface area contributed by atoms with Crippen molar-refractivity contribution in [2.24, 2.45) is 7.05 Å². The molecule has 0 N–H and O–H groups in total. The molecule has 2 aromatic rings. The van der Waals surface area contributed by atoms with Crippen LogP contribution in [0.5, 0.6) is 0 Å². The number of aromatic nitrogens is 2. The topological polar surface area (TPSA) is 25.4 Å². The molecule has 3 nitrogen and oxygen atoms in total. The van der Waals surface area contributed by atoms with Crippen molar-refractivity contribution in [3.8, 4) is 0 Å². The van der Waals surface area contributed by atoms with Crippen molar-refractivity contribution in [2.45, 2.75) is 19.5 Å². The van der Waals surface area contributed by atoms with E-state index in [1.54, 1.807) is 6.20 Å². The minimum Gasteiger partial charge on any atom is -1.00 e. The summed E-state index contributed by atoms with van der Waals surface area (Å²) in [5, 5.41) is 0. The highest BCUT2D eigenvalue weighted by molar-refractivity contribution is 5.99. The van der Waals surface area contributed by atoms with Gasteiger partial charge in [0.1, 0.15) is 12.6 Å². The number of Topliss-reactive ketones (excluding diaryl/α,β-unsaturated/α-hetero) is 1. The number of rotatable bonds is 2. The molecule has 2 rings (SSSR count). The number of aryl methyl sites for hydroxylation is 2. The molecule has 0 saturated carbocycles. The third-order valence-electron chi connectivity index (χ3n) is 2.90. The molecule has 0 fully saturated rings. The van der Waals surface area contributed by atoms with E-state index in [0.717, 1.165) is 5.69 Å². The smallest absolute Gasteiger partial charge is 0.456 e. The lowest BCUT2D eigenvalue weighted by Gasteiger charge is -2.06. The summed E-state index contributed by atoms with van der Waals surface area (Å²) in [7, 11) is 1.82. The Morgan fingerprint density at radius 2 is 2.00 bits per heavy atom. The zero-order valence-corrected chi connectivity index (χ0v) is 12.5. The van der Waals surface area contributed by atoms with E-state index in [0.29, 0.717) is 11.9 Å². The number of nitrogens with zero attached hydrogens (tertiary/aromatic N) is 2. The van der Waals surface area contributed by atoms with Crippen molar-refractivity contribution >= 4 is 11.3 Å². The molecule has 19 heavy (non-hydrogen) atoms. The highest BCUT2D eigenvalue weighted by Gasteiger charge is 2.41. The predicted molar refractivity (Wildman–Crippen MR) is 58.3 cm³/mol. The van der Waals surface area contributed by atoms with Crippen molar-refractivity contribution in [3.63, 3.8) is 0 Å². The molecular formula is C12H12F3IN2O. The van der Waals surface area contributed by atoms with E-state index >= 15 is 0 Å². The second-order valence-corrected chi connectivity index (χ2v) is 4.01. The van der Waals surface area contributed by atoms with Gasteiger partial charge in [-0.3, -0.25) is 4.79 Å². The van der Waals surface area contributed by atoms with Crippen LogP contribution in [0.2, 0.25) is 0 Å². The highest BCUT2D eigenvalue weighted by Crippen LogP contribution is 2.23. The van der Waals surface area contributed by atoms with Crippen LogP contribution in [0.4, 0.5) is 13.2 Å². The number of hydrogen-bond acceptors (Lipinski definition) is 1. The van der Waals surface area contributed by atoms with Crippen LogP contribution in [-0.2, 0) is 13.5 Å². The maximum absolute atomic E-state index is 12.4. The fourth-order valence-corrected chi connectivity index (χ4v) is 2.04. The van der Waals surface area contributed by atoms with Gasteiger partial charge in [-0.15, -0.1) is 0 Å². The fraction of sp³-hybridized carbons (Fsp3) is 0.333. The number of hydrogen-bond donors (Lipinski definition) is 0. The Morgan fingerprint density at radius 1 is 1.37 bits per heavy atom. The van der Waals surface area contributed by atoms with Gasteiger partial charge in [-0.05, 0) is 12.1 Å². The Hall–Kier alpha value is -1.12. The zero-order chi connectivity index (χ0) is 13.5. The molecule has 0 spiro atoms. The number of ketones is 1. The lowest BCUT2D eigenvalue weighted by molar-refractivity contribution is -0.678. The standard InChI is InChI=1S/C12H12F3N2O.HI/c1-3-8-9-4-5-10(11(18)12(13,14)15)17(9)7-6-16(8)2;/h4-7H,3H2,1-2H3;1H/q+1;/p-1. The van der Waals surface area contributed by atoms with Crippen LogP contribution in [-0.4, -0.2) is 16.4 Å². The molecule has 0 saturated heterocycles. The molecule has 104 valence electrons. The van der Waals surface area contributed by atoms with Crippen molar-refractivity contribution in [3.05, 3.63) is 35.9 Å². The number of carbonyl (C=O) groups excluding carboxylic acids is 1. The predicted octanol–water partition coefficient (Wildman–Crippen LogP) is -0.925. The van der Waals surface area contributed by atoms with Crippen LogP contribution >= 0.6 is 0 Å². The van der Waals surface area contributed by atoms with Gasteiger partial charge in [-0.2, -0.15) is 13.2 Å². The molecule has 2 heterocycles. The quantitative estimate of drug-likeness (QED) is 0.374. The molecule has 0 radical (unpaired) electrons. The van der Waals surface area contributed by atoms with E-state index in [1.165, 1.54) is 22.7 Å². The first-order valence-electron chi connectivity index (χ1n) is 5.46. The third kappa shape index (κ3) is 2.75. The van der Waals surface area contributed by atoms with Gasteiger partial charge in [0.25, 0.3) is 5.78 Å². The Kier molecular flexibility index (Phi) is 4.59. The summed E-state index contributed by atoms with van der Waals surface area (Å²) in [5.41, 5.74) is 1.14. The van der Waals surface area contributed by atoms with Gasteiger partial charge in [0.15, 0.2) is 6.20 Å². The number of fused-ring (bicyclic) bond motifs is 1. The van der Waals surface area contributed by atoms with Crippen molar-refractivity contribution in [2.75, 3.05) is 0 Å². The normalized spacial score (nSPS) is 11.4. The molecule has 0 aromatic carbocycles. The van der Waals surface area contributed by atoms with Gasteiger partial charge in [-0.1, -0.05) is 6.92 Å². The van der Waals surface area contributed by atoms with Gasteiger partial charge >= 0.3 is 6.18 Å². The summed E-state index contributed by atoms with van der Waals surface area (Å²) in [6.45, 7) is 1.91. The highest BCUT2D eigenvalue weighted by atomic mass is 127. The molecule has 0 aliphatic carbocycles. The first-order chi connectivity index (χ1) is 8.36. The van der Waals surface area contributed by atoms with Crippen molar-refractivity contribution in [1.29, 1.82) is 0 Å². The molecule has 0 bridgehead atoms. The maximum Gasteiger partial charge on any atom is 0.456 e. The Balaban J connectivity index is 0.00000180. The minimum atomic E-state index is -4.85. The lowest BCUT2D eigenvalue weighted by atomic mass is 10.3. The zero-order valence-electron chi connectivity index (χ0n) is 10.3. The average Bonchev–Trinajstić information content (AvgIpc) is 2.70. The summed E-state index contributed by atoms with van der Waals surface area (Å²) in [6, 6.07) is 2.75. The first kappa shape index (κ1) is 15.9. The fourth-order valence-electron chi connectivity index (χ4n) is 2.04. The van der Waals surface area contributed by atoms with E-state index in [1.807, 2.05) is 18.5 Å². The van der Waals surface area contributed by atoms with Crippen molar-refractivity contribution < 1.29 is 46.5 Å². The minimum absolute atomic E-state index is 0. The van der Waals surface area contributed by atoms with Gasteiger partial charge < -0.3 is 28.4 Å². The average molecular weight is 384 g/mol. The van der Waals surface area contributed by atoms with E-state index in [4.69, 9.17) is 0 Å². The molecule has 2 aromatic heterocycles. The molecule has 0 amide bonds. The number of halogens is 4. The summed E-state index contributed by atoms with van der Waals surface area (Å²) in [4.78, 5) is 11.3.